The van der Waals surface area contributed by atoms with Gasteiger partial charge in [0.15, 0.2) is 4.77 Å². The maximum Gasteiger partial charge on any atom is 0.178 e. The van der Waals surface area contributed by atoms with Crippen LogP contribution in [0.4, 0.5) is 0 Å². The number of rotatable bonds is 2. The number of fused-ring (bicyclic) bond motifs is 1. The van der Waals surface area contributed by atoms with Gasteiger partial charge >= 0.3 is 0 Å². The van der Waals surface area contributed by atoms with Gasteiger partial charge in [-0.05, 0) is 49.0 Å². The molecule has 2 heterocycles. The quantitative estimate of drug-likeness (QED) is 0.712. The lowest BCUT2D eigenvalue weighted by atomic mass is 10.2. The molecular weight excluding hydrogens is 322 g/mol. The summed E-state index contributed by atoms with van der Waals surface area (Å²) in [5, 5.41) is 0. The number of hydrogen-bond donors (Lipinski definition) is 1. The second-order valence-electron chi connectivity index (χ2n) is 4.49. The third kappa shape index (κ3) is 2.48. The van der Waals surface area contributed by atoms with Gasteiger partial charge in [0.05, 0.1) is 17.6 Å². The first kappa shape index (κ1) is 12.6. The lowest BCUT2D eigenvalue weighted by Gasteiger charge is -2.05. The molecule has 3 aromatic rings. The van der Waals surface area contributed by atoms with Gasteiger partial charge in [-0.25, -0.2) is 0 Å². The third-order valence-corrected chi connectivity index (χ3v) is 3.87. The minimum Gasteiger partial charge on any atom is -0.331 e. The van der Waals surface area contributed by atoms with Crippen LogP contribution in [0.2, 0.25) is 0 Å². The predicted octanol–water partition coefficient (Wildman–Crippen LogP) is 4.21. The molecule has 96 valence electrons. The van der Waals surface area contributed by atoms with Gasteiger partial charge in [-0.2, -0.15) is 0 Å². The summed E-state index contributed by atoms with van der Waals surface area (Å²) < 4.78 is 3.86. The standard InChI is InChI=1S/C14H12BrN3S/c1-9-2-3-10(7-16-9)8-18-13-5-4-11(15)6-12(13)17-14(18)19/h2-7H,8H2,1H3,(H,17,19). The Kier molecular flexibility index (Phi) is 3.24. The SMILES string of the molecule is Cc1ccc(Cn2c(=S)[nH]c3cc(Br)ccc32)cn1. The van der Waals surface area contributed by atoms with Crippen LogP contribution in [-0.4, -0.2) is 14.5 Å². The zero-order valence-corrected chi connectivity index (χ0v) is 12.8. The van der Waals surface area contributed by atoms with E-state index in [1.165, 1.54) is 0 Å². The van der Waals surface area contributed by atoms with Gasteiger partial charge < -0.3 is 9.55 Å². The van der Waals surface area contributed by atoms with Gasteiger partial charge in [-0.3, -0.25) is 4.98 Å². The van der Waals surface area contributed by atoms with Crippen molar-refractivity contribution >= 4 is 39.2 Å². The van der Waals surface area contributed by atoms with Crippen LogP contribution >= 0.6 is 28.1 Å². The fourth-order valence-corrected chi connectivity index (χ4v) is 2.70. The molecule has 5 heteroatoms. The number of hydrogen-bond acceptors (Lipinski definition) is 2. The molecule has 0 amide bonds. The van der Waals surface area contributed by atoms with E-state index in [1.54, 1.807) is 0 Å². The number of aryl methyl sites for hydroxylation is 1. The molecule has 0 aliphatic heterocycles. The van der Waals surface area contributed by atoms with Gasteiger partial charge in [-0.1, -0.05) is 22.0 Å². The van der Waals surface area contributed by atoms with Crippen molar-refractivity contribution in [3.8, 4) is 0 Å². The zero-order chi connectivity index (χ0) is 13.4. The number of H-pyrrole nitrogens is 1. The van der Waals surface area contributed by atoms with Crippen molar-refractivity contribution < 1.29 is 0 Å². The summed E-state index contributed by atoms with van der Waals surface area (Å²) in [6.07, 6.45) is 1.90. The number of pyridine rings is 1. The highest BCUT2D eigenvalue weighted by atomic mass is 79.9. The fraction of sp³-hybridized carbons (Fsp3) is 0.143. The second kappa shape index (κ2) is 4.90. The lowest BCUT2D eigenvalue weighted by Crippen LogP contribution is -2.00. The molecule has 0 saturated heterocycles. The Labute approximate surface area is 124 Å². The van der Waals surface area contributed by atoms with Crippen LogP contribution in [0.5, 0.6) is 0 Å². The normalized spacial score (nSPS) is 11.1. The molecule has 19 heavy (non-hydrogen) atoms. The first-order valence-electron chi connectivity index (χ1n) is 5.93. The van der Waals surface area contributed by atoms with E-state index >= 15 is 0 Å². The van der Waals surface area contributed by atoms with Crippen molar-refractivity contribution in [2.24, 2.45) is 0 Å². The summed E-state index contributed by atoms with van der Waals surface area (Å²) in [4.78, 5) is 7.55. The number of aromatic nitrogens is 3. The molecule has 3 rings (SSSR count). The average molecular weight is 334 g/mol. The molecule has 0 unspecified atom stereocenters. The lowest BCUT2D eigenvalue weighted by molar-refractivity contribution is 0.805. The molecule has 1 aromatic carbocycles. The van der Waals surface area contributed by atoms with Gasteiger partial charge in [0.25, 0.3) is 0 Å². The summed E-state index contributed by atoms with van der Waals surface area (Å²) in [7, 11) is 0. The number of benzene rings is 1. The van der Waals surface area contributed by atoms with Gasteiger partial charge in [0.1, 0.15) is 0 Å². The maximum atomic E-state index is 5.39. The number of nitrogens with zero attached hydrogens (tertiary/aromatic N) is 2. The van der Waals surface area contributed by atoms with E-state index in [0.29, 0.717) is 0 Å². The Balaban J connectivity index is 2.07. The zero-order valence-electron chi connectivity index (χ0n) is 10.4. The second-order valence-corrected chi connectivity index (χ2v) is 5.79. The molecule has 0 aliphatic carbocycles. The van der Waals surface area contributed by atoms with E-state index < -0.39 is 0 Å². The minimum atomic E-state index is 0.730. The van der Waals surface area contributed by atoms with Crippen LogP contribution in [0.25, 0.3) is 11.0 Å². The molecule has 0 atom stereocenters. The fourth-order valence-electron chi connectivity index (χ4n) is 2.07. The summed E-state index contributed by atoms with van der Waals surface area (Å²) in [6, 6.07) is 10.2. The smallest absolute Gasteiger partial charge is 0.178 e. The molecule has 0 saturated carbocycles. The average Bonchev–Trinajstić information content (AvgIpc) is 2.68. The van der Waals surface area contributed by atoms with Crippen molar-refractivity contribution in [1.29, 1.82) is 0 Å². The molecule has 0 fully saturated rings. The number of imidazole rings is 1. The van der Waals surface area contributed by atoms with E-state index in [0.717, 1.165) is 38.1 Å². The monoisotopic (exact) mass is 333 g/mol. The highest BCUT2D eigenvalue weighted by molar-refractivity contribution is 9.10. The van der Waals surface area contributed by atoms with E-state index in [2.05, 4.69) is 42.6 Å². The molecule has 1 N–H and O–H groups in total. The van der Waals surface area contributed by atoms with Crippen LogP contribution < -0.4 is 0 Å². The largest absolute Gasteiger partial charge is 0.331 e. The van der Waals surface area contributed by atoms with Crippen molar-refractivity contribution in [2.45, 2.75) is 13.5 Å². The highest BCUT2D eigenvalue weighted by Gasteiger charge is 2.05. The van der Waals surface area contributed by atoms with Crippen molar-refractivity contribution in [2.75, 3.05) is 0 Å². The third-order valence-electron chi connectivity index (χ3n) is 3.05. The van der Waals surface area contributed by atoms with Crippen LogP contribution in [0.15, 0.2) is 41.0 Å². The Bertz CT molecular complexity index is 787. The van der Waals surface area contributed by atoms with Crippen LogP contribution in [0, 0.1) is 11.7 Å². The van der Waals surface area contributed by atoms with E-state index in [9.17, 15) is 0 Å². The van der Waals surface area contributed by atoms with E-state index in [4.69, 9.17) is 12.2 Å². The number of aromatic amines is 1. The van der Waals surface area contributed by atoms with Crippen molar-refractivity contribution in [3.63, 3.8) is 0 Å². The molecule has 2 aromatic heterocycles. The summed E-state index contributed by atoms with van der Waals surface area (Å²) in [5.41, 5.74) is 4.31. The molecule has 3 nitrogen and oxygen atoms in total. The van der Waals surface area contributed by atoms with Crippen LogP contribution in [-0.2, 0) is 6.54 Å². The highest BCUT2D eigenvalue weighted by Crippen LogP contribution is 2.20. The first-order chi connectivity index (χ1) is 9.13. The Morgan fingerprint density at radius 3 is 2.89 bits per heavy atom. The Morgan fingerprint density at radius 2 is 2.16 bits per heavy atom. The van der Waals surface area contributed by atoms with Crippen LogP contribution in [0.3, 0.4) is 0 Å². The summed E-state index contributed by atoms with van der Waals surface area (Å²) >= 11 is 8.86. The van der Waals surface area contributed by atoms with Gasteiger partial charge in [0, 0.05) is 16.4 Å². The van der Waals surface area contributed by atoms with Crippen molar-refractivity contribution in [1.82, 2.24) is 14.5 Å². The minimum absolute atomic E-state index is 0.730. The van der Waals surface area contributed by atoms with Gasteiger partial charge in [0.2, 0.25) is 0 Å². The van der Waals surface area contributed by atoms with Crippen LogP contribution in [0.1, 0.15) is 11.3 Å². The molecule has 0 bridgehead atoms. The van der Waals surface area contributed by atoms with E-state index in [1.807, 2.05) is 31.3 Å². The van der Waals surface area contributed by atoms with Crippen molar-refractivity contribution in [3.05, 3.63) is 57.0 Å². The Hall–Kier alpha value is -1.46. The first-order valence-corrected chi connectivity index (χ1v) is 7.13. The maximum absolute atomic E-state index is 5.39. The van der Waals surface area contributed by atoms with Gasteiger partial charge in [-0.15, -0.1) is 0 Å². The number of nitrogens with one attached hydrogen (secondary N) is 1. The summed E-state index contributed by atoms with van der Waals surface area (Å²) in [6.45, 7) is 2.71. The molecular formula is C14H12BrN3S. The predicted molar refractivity (Wildman–Crippen MR) is 82.9 cm³/mol. The summed E-state index contributed by atoms with van der Waals surface area (Å²) in [5.74, 6) is 0. The topological polar surface area (TPSA) is 33.6 Å². The molecule has 0 radical (unpaired) electrons. The Morgan fingerprint density at radius 1 is 1.32 bits per heavy atom. The molecule has 0 spiro atoms. The molecule has 0 aliphatic rings. The number of halogens is 1. The van der Waals surface area contributed by atoms with E-state index in [-0.39, 0.29) is 0 Å².